The molecule has 2 aromatic carbocycles. The molecule has 0 aliphatic carbocycles. The third-order valence-corrected chi connectivity index (χ3v) is 6.86. The summed E-state index contributed by atoms with van der Waals surface area (Å²) >= 11 is 4.40. The second kappa shape index (κ2) is 11.4. The van der Waals surface area contributed by atoms with Crippen molar-refractivity contribution in [2.75, 3.05) is 44.2 Å². The molecular weight excluding hydrogens is 633 g/mol. The lowest BCUT2D eigenvalue weighted by atomic mass is 10.1. The van der Waals surface area contributed by atoms with Crippen molar-refractivity contribution in [3.63, 3.8) is 0 Å². The van der Waals surface area contributed by atoms with Crippen molar-refractivity contribution in [3.8, 4) is 5.75 Å². The number of nitrogens with one attached hydrogen (secondary N) is 1. The number of nitrogens with zero attached hydrogens (tertiary/aromatic N) is 2. The van der Waals surface area contributed by atoms with Crippen LogP contribution in [-0.4, -0.2) is 49.3 Å². The van der Waals surface area contributed by atoms with Gasteiger partial charge < -0.3 is 15.3 Å². The van der Waals surface area contributed by atoms with Crippen molar-refractivity contribution in [2.24, 2.45) is 0 Å². The van der Waals surface area contributed by atoms with E-state index in [4.69, 9.17) is 0 Å². The van der Waals surface area contributed by atoms with Gasteiger partial charge in [-0.1, -0.05) is 6.07 Å². The number of hydrogen-bond donors (Lipinski definition) is 2. The highest BCUT2D eigenvalue weighted by molar-refractivity contribution is 14.1. The maximum absolute atomic E-state index is 12.9. The number of hydrogen-bond acceptors (Lipinski definition) is 4. The van der Waals surface area contributed by atoms with Crippen LogP contribution in [0.5, 0.6) is 5.75 Å². The molecule has 170 valence electrons. The van der Waals surface area contributed by atoms with Crippen LogP contribution in [0, 0.1) is 7.14 Å². The highest BCUT2D eigenvalue weighted by Gasteiger charge is 2.31. The van der Waals surface area contributed by atoms with Crippen molar-refractivity contribution >= 4 is 50.9 Å². The standard InChI is InChI=1S/C22H26F3I2N3O/c23-22(24,25)17-4-3-5-19(13-17)30-10-8-29(9-11-30)7-2-1-6-28-15-16-12-18(26)14-20(27)21(16)31/h3-5,12-14,28,31H,1-2,6-11,15H2. The zero-order chi connectivity index (χ0) is 22.4. The average Bonchev–Trinajstić information content (AvgIpc) is 2.73. The molecule has 0 bridgehead atoms. The molecule has 0 saturated carbocycles. The second-order valence-corrected chi connectivity index (χ2v) is 10.1. The van der Waals surface area contributed by atoms with Crippen LogP contribution in [0.25, 0.3) is 0 Å². The largest absolute Gasteiger partial charge is 0.507 e. The molecule has 0 radical (unpaired) electrons. The predicted octanol–water partition coefficient (Wildman–Crippen LogP) is 5.31. The SMILES string of the molecule is Oc1c(I)cc(I)cc1CNCCCCN1CCN(c2cccc(C(F)(F)F)c2)CC1. The van der Waals surface area contributed by atoms with Crippen LogP contribution >= 0.6 is 45.2 Å². The van der Waals surface area contributed by atoms with E-state index in [1.807, 2.05) is 17.0 Å². The molecule has 4 nitrogen and oxygen atoms in total. The molecule has 31 heavy (non-hydrogen) atoms. The lowest BCUT2D eigenvalue weighted by Gasteiger charge is -2.36. The van der Waals surface area contributed by atoms with Gasteiger partial charge in [0.15, 0.2) is 0 Å². The Morgan fingerprint density at radius 2 is 1.74 bits per heavy atom. The van der Waals surface area contributed by atoms with Gasteiger partial charge in [-0.2, -0.15) is 13.2 Å². The van der Waals surface area contributed by atoms with Crippen molar-refractivity contribution < 1.29 is 18.3 Å². The zero-order valence-electron chi connectivity index (χ0n) is 17.1. The molecule has 9 heteroatoms. The number of anilines is 1. The monoisotopic (exact) mass is 659 g/mol. The van der Waals surface area contributed by atoms with Gasteiger partial charge >= 0.3 is 6.18 Å². The van der Waals surface area contributed by atoms with Crippen molar-refractivity contribution in [1.82, 2.24) is 10.2 Å². The molecule has 2 N–H and O–H groups in total. The quantitative estimate of drug-likeness (QED) is 0.298. The summed E-state index contributed by atoms with van der Waals surface area (Å²) in [6.45, 7) is 5.72. The van der Waals surface area contributed by atoms with Gasteiger partial charge in [0, 0.05) is 47.5 Å². The first-order valence-corrected chi connectivity index (χ1v) is 12.4. The van der Waals surface area contributed by atoms with Crippen LogP contribution in [0.1, 0.15) is 24.0 Å². The minimum absolute atomic E-state index is 0.354. The maximum Gasteiger partial charge on any atom is 0.416 e. The maximum atomic E-state index is 12.9. The molecule has 0 amide bonds. The molecule has 1 aliphatic rings. The van der Waals surface area contributed by atoms with Gasteiger partial charge in [-0.05, 0) is 101 Å². The molecule has 0 unspecified atom stereocenters. The van der Waals surface area contributed by atoms with E-state index in [0.717, 1.165) is 70.9 Å². The van der Waals surface area contributed by atoms with Gasteiger partial charge in [-0.15, -0.1) is 0 Å². The van der Waals surface area contributed by atoms with Gasteiger partial charge in [0.1, 0.15) is 5.75 Å². The third-order valence-electron chi connectivity index (χ3n) is 5.41. The van der Waals surface area contributed by atoms with Crippen LogP contribution in [0.15, 0.2) is 36.4 Å². The Labute approximate surface area is 208 Å². The van der Waals surface area contributed by atoms with Gasteiger partial charge in [-0.25, -0.2) is 0 Å². The van der Waals surface area contributed by atoms with Crippen LogP contribution < -0.4 is 10.2 Å². The average molecular weight is 659 g/mol. The number of phenols is 1. The Balaban J connectivity index is 1.34. The summed E-state index contributed by atoms with van der Waals surface area (Å²) in [7, 11) is 0. The van der Waals surface area contributed by atoms with Crippen LogP contribution in [0.4, 0.5) is 18.9 Å². The van der Waals surface area contributed by atoms with E-state index < -0.39 is 11.7 Å². The lowest BCUT2D eigenvalue weighted by Crippen LogP contribution is -2.46. The van der Waals surface area contributed by atoms with E-state index in [2.05, 4.69) is 55.4 Å². The fourth-order valence-electron chi connectivity index (χ4n) is 3.67. The molecule has 0 aromatic heterocycles. The number of rotatable bonds is 8. The van der Waals surface area contributed by atoms with Crippen LogP contribution in [0.3, 0.4) is 0 Å². The molecule has 1 fully saturated rings. The topological polar surface area (TPSA) is 38.7 Å². The van der Waals surface area contributed by atoms with E-state index in [0.29, 0.717) is 18.0 Å². The van der Waals surface area contributed by atoms with E-state index in [-0.39, 0.29) is 0 Å². The van der Waals surface area contributed by atoms with E-state index in [9.17, 15) is 18.3 Å². The number of unbranched alkanes of at least 4 members (excludes halogenated alkanes) is 1. The smallest absolute Gasteiger partial charge is 0.416 e. The minimum atomic E-state index is -4.30. The molecule has 0 atom stereocenters. The van der Waals surface area contributed by atoms with Crippen molar-refractivity contribution in [2.45, 2.75) is 25.6 Å². The van der Waals surface area contributed by atoms with Crippen LogP contribution in [-0.2, 0) is 12.7 Å². The van der Waals surface area contributed by atoms with Gasteiger partial charge in [-0.3, -0.25) is 4.90 Å². The normalized spacial score (nSPS) is 15.5. The Hall–Kier alpha value is -0.790. The number of phenolic OH excluding ortho intramolecular Hbond substituents is 1. The number of halogens is 5. The van der Waals surface area contributed by atoms with Gasteiger partial charge in [0.05, 0.1) is 9.13 Å². The van der Waals surface area contributed by atoms with Gasteiger partial charge in [0.2, 0.25) is 0 Å². The summed E-state index contributed by atoms with van der Waals surface area (Å²) < 4.78 is 40.8. The zero-order valence-corrected chi connectivity index (χ0v) is 21.4. The Morgan fingerprint density at radius 3 is 2.45 bits per heavy atom. The second-order valence-electron chi connectivity index (χ2n) is 7.66. The molecule has 0 spiro atoms. The Morgan fingerprint density at radius 1 is 1.00 bits per heavy atom. The van der Waals surface area contributed by atoms with E-state index in [1.165, 1.54) is 12.1 Å². The van der Waals surface area contributed by atoms with Crippen molar-refractivity contribution in [1.29, 1.82) is 0 Å². The summed E-state index contributed by atoms with van der Waals surface area (Å²) in [6, 6.07) is 9.54. The highest BCUT2D eigenvalue weighted by atomic mass is 127. The fraction of sp³-hybridized carbons (Fsp3) is 0.455. The van der Waals surface area contributed by atoms with Crippen molar-refractivity contribution in [3.05, 3.63) is 54.7 Å². The minimum Gasteiger partial charge on any atom is -0.507 e. The van der Waals surface area contributed by atoms with Crippen LogP contribution in [0.2, 0.25) is 0 Å². The fourth-order valence-corrected chi connectivity index (χ4v) is 5.64. The first kappa shape index (κ1) is 24.8. The molecule has 2 aromatic rings. The summed E-state index contributed by atoms with van der Waals surface area (Å²) in [5, 5.41) is 13.5. The molecule has 1 heterocycles. The molecule has 1 saturated heterocycles. The molecule has 1 aliphatic heterocycles. The molecular formula is C22H26F3I2N3O. The Kier molecular flexibility index (Phi) is 9.11. The number of piperazine rings is 1. The first-order chi connectivity index (χ1) is 14.7. The Bertz CT molecular complexity index is 872. The van der Waals surface area contributed by atoms with E-state index in [1.54, 1.807) is 6.07 Å². The lowest BCUT2D eigenvalue weighted by molar-refractivity contribution is -0.137. The summed E-state index contributed by atoms with van der Waals surface area (Å²) in [4.78, 5) is 4.40. The number of benzene rings is 2. The van der Waals surface area contributed by atoms with Gasteiger partial charge in [0.25, 0.3) is 0 Å². The third kappa shape index (κ3) is 7.36. The van der Waals surface area contributed by atoms with E-state index >= 15 is 0 Å². The number of alkyl halides is 3. The predicted molar refractivity (Wildman–Crippen MR) is 135 cm³/mol. The first-order valence-electron chi connectivity index (χ1n) is 10.3. The summed E-state index contributed by atoms with van der Waals surface area (Å²) in [6.07, 6.45) is -2.20. The summed E-state index contributed by atoms with van der Waals surface area (Å²) in [5.41, 5.74) is 0.974. The number of aromatic hydroxyl groups is 1. The highest BCUT2D eigenvalue weighted by Crippen LogP contribution is 2.32. The molecule has 3 rings (SSSR count). The summed E-state index contributed by atoms with van der Waals surface area (Å²) in [5.74, 6) is 0.354.